The summed E-state index contributed by atoms with van der Waals surface area (Å²) >= 11 is 0. The molecule has 92 valence electrons. The van der Waals surface area contributed by atoms with Crippen LogP contribution in [0.1, 0.15) is 13.3 Å². The maximum atomic E-state index is 5.42. The monoisotopic (exact) mass is 234 g/mol. The number of nitrogens with zero attached hydrogens (tertiary/aromatic N) is 1. The molecule has 0 aliphatic carbocycles. The minimum atomic E-state index is 0.345. The Bertz CT molecular complexity index is 408. The minimum absolute atomic E-state index is 0.345. The molecular weight excluding hydrogens is 216 g/mol. The Morgan fingerprint density at radius 1 is 1.24 bits per heavy atom. The van der Waals surface area contributed by atoms with Gasteiger partial charge in [-0.15, -0.1) is 0 Å². The molecule has 3 rings (SSSR count). The Hall–Kier alpha value is -1.42. The second-order valence-electron chi connectivity index (χ2n) is 4.67. The molecule has 2 aliphatic heterocycles. The summed E-state index contributed by atoms with van der Waals surface area (Å²) in [5.41, 5.74) is 1.23. The van der Waals surface area contributed by atoms with Crippen LogP contribution in [-0.4, -0.2) is 32.5 Å². The van der Waals surface area contributed by atoms with Crippen LogP contribution in [0.2, 0.25) is 0 Å². The maximum absolute atomic E-state index is 5.42. The van der Waals surface area contributed by atoms with Crippen molar-refractivity contribution in [2.24, 2.45) is 0 Å². The van der Waals surface area contributed by atoms with Crippen molar-refractivity contribution in [3.8, 4) is 11.5 Å². The second-order valence-corrected chi connectivity index (χ2v) is 4.67. The highest BCUT2D eigenvalue weighted by atomic mass is 16.7. The van der Waals surface area contributed by atoms with Crippen LogP contribution in [0.15, 0.2) is 18.2 Å². The van der Waals surface area contributed by atoms with E-state index in [0.717, 1.165) is 31.1 Å². The minimum Gasteiger partial charge on any atom is -0.454 e. The molecule has 1 fully saturated rings. The van der Waals surface area contributed by atoms with E-state index in [9.17, 15) is 0 Å². The Morgan fingerprint density at radius 3 is 3.06 bits per heavy atom. The van der Waals surface area contributed by atoms with E-state index in [4.69, 9.17) is 9.47 Å². The lowest BCUT2D eigenvalue weighted by Gasteiger charge is -2.22. The second kappa shape index (κ2) is 4.45. The summed E-state index contributed by atoms with van der Waals surface area (Å²) < 4.78 is 10.7. The molecule has 0 saturated carbocycles. The lowest BCUT2D eigenvalue weighted by Crippen LogP contribution is -2.28. The number of benzene rings is 1. The van der Waals surface area contributed by atoms with E-state index in [2.05, 4.69) is 29.3 Å². The molecule has 0 aromatic heterocycles. The van der Waals surface area contributed by atoms with Crippen LogP contribution < -0.4 is 19.7 Å². The van der Waals surface area contributed by atoms with Gasteiger partial charge in [-0.3, -0.25) is 0 Å². The van der Waals surface area contributed by atoms with Crippen LogP contribution in [0.25, 0.3) is 0 Å². The van der Waals surface area contributed by atoms with Crippen molar-refractivity contribution in [3.63, 3.8) is 0 Å². The molecule has 0 amide bonds. The zero-order valence-electron chi connectivity index (χ0n) is 10.1. The Balaban J connectivity index is 1.79. The van der Waals surface area contributed by atoms with Gasteiger partial charge in [0.05, 0.1) is 0 Å². The first-order chi connectivity index (χ1) is 8.33. The van der Waals surface area contributed by atoms with Gasteiger partial charge < -0.3 is 19.7 Å². The molecule has 0 radical (unpaired) electrons. The lowest BCUT2D eigenvalue weighted by atomic mass is 10.2. The summed E-state index contributed by atoms with van der Waals surface area (Å²) in [7, 11) is 0. The molecule has 2 aliphatic rings. The summed E-state index contributed by atoms with van der Waals surface area (Å²) in [4.78, 5) is 2.40. The van der Waals surface area contributed by atoms with E-state index in [1.807, 2.05) is 6.07 Å². The predicted octanol–water partition coefficient (Wildman–Crippen LogP) is 1.60. The quantitative estimate of drug-likeness (QED) is 0.800. The molecular formula is C13H18N2O2. The summed E-state index contributed by atoms with van der Waals surface area (Å²) in [5.74, 6) is 1.72. The van der Waals surface area contributed by atoms with E-state index in [0.29, 0.717) is 12.8 Å². The SMILES string of the molecule is CC1CCN(c2ccc3c(c2)OCO3)CCN1. The smallest absolute Gasteiger partial charge is 0.231 e. The number of anilines is 1. The van der Waals surface area contributed by atoms with Crippen molar-refractivity contribution in [1.82, 2.24) is 5.32 Å². The summed E-state index contributed by atoms with van der Waals surface area (Å²) in [5, 5.41) is 3.50. The summed E-state index contributed by atoms with van der Waals surface area (Å²) in [6.07, 6.45) is 1.18. The Labute approximate surface area is 102 Å². The normalized spacial score (nSPS) is 23.6. The van der Waals surface area contributed by atoms with Gasteiger partial charge in [-0.25, -0.2) is 0 Å². The molecule has 1 saturated heterocycles. The van der Waals surface area contributed by atoms with Crippen LogP contribution in [0.3, 0.4) is 0 Å². The lowest BCUT2D eigenvalue weighted by molar-refractivity contribution is 0.174. The van der Waals surface area contributed by atoms with Crippen molar-refractivity contribution >= 4 is 5.69 Å². The van der Waals surface area contributed by atoms with Gasteiger partial charge in [0.2, 0.25) is 6.79 Å². The van der Waals surface area contributed by atoms with Crippen molar-refractivity contribution < 1.29 is 9.47 Å². The van der Waals surface area contributed by atoms with Gasteiger partial charge in [0.25, 0.3) is 0 Å². The van der Waals surface area contributed by atoms with Gasteiger partial charge in [-0.05, 0) is 25.5 Å². The van der Waals surface area contributed by atoms with Gasteiger partial charge in [0.1, 0.15) is 0 Å². The van der Waals surface area contributed by atoms with Crippen molar-refractivity contribution in [2.45, 2.75) is 19.4 Å². The van der Waals surface area contributed by atoms with E-state index in [-0.39, 0.29) is 0 Å². The molecule has 1 aromatic carbocycles. The van der Waals surface area contributed by atoms with Gasteiger partial charge in [0.15, 0.2) is 11.5 Å². The van der Waals surface area contributed by atoms with Crippen LogP contribution in [0.5, 0.6) is 11.5 Å². The highest BCUT2D eigenvalue weighted by molar-refractivity contribution is 5.57. The molecule has 4 heteroatoms. The van der Waals surface area contributed by atoms with Crippen LogP contribution >= 0.6 is 0 Å². The van der Waals surface area contributed by atoms with Crippen LogP contribution in [0.4, 0.5) is 5.69 Å². The van der Waals surface area contributed by atoms with E-state index in [1.165, 1.54) is 12.1 Å². The first-order valence-corrected chi connectivity index (χ1v) is 6.21. The highest BCUT2D eigenvalue weighted by Gasteiger charge is 2.18. The summed E-state index contributed by atoms with van der Waals surface area (Å²) in [6, 6.07) is 6.80. The topological polar surface area (TPSA) is 33.7 Å². The van der Waals surface area contributed by atoms with Gasteiger partial charge >= 0.3 is 0 Å². The zero-order valence-corrected chi connectivity index (χ0v) is 10.1. The largest absolute Gasteiger partial charge is 0.454 e. The maximum Gasteiger partial charge on any atom is 0.231 e. The number of fused-ring (bicyclic) bond motifs is 1. The Kier molecular flexibility index (Phi) is 2.81. The third-order valence-corrected chi connectivity index (χ3v) is 3.43. The fraction of sp³-hybridized carbons (Fsp3) is 0.538. The van der Waals surface area contributed by atoms with Crippen molar-refractivity contribution in [1.29, 1.82) is 0 Å². The molecule has 0 bridgehead atoms. The molecule has 0 spiro atoms. The fourth-order valence-electron chi connectivity index (χ4n) is 2.35. The van der Waals surface area contributed by atoms with Crippen molar-refractivity contribution in [3.05, 3.63) is 18.2 Å². The van der Waals surface area contributed by atoms with Gasteiger partial charge in [-0.1, -0.05) is 0 Å². The predicted molar refractivity (Wildman–Crippen MR) is 66.9 cm³/mol. The molecule has 4 nitrogen and oxygen atoms in total. The number of ether oxygens (including phenoxy) is 2. The fourth-order valence-corrected chi connectivity index (χ4v) is 2.35. The van der Waals surface area contributed by atoms with Crippen molar-refractivity contribution in [2.75, 3.05) is 31.3 Å². The number of nitrogens with one attached hydrogen (secondary N) is 1. The summed E-state index contributed by atoms with van der Waals surface area (Å²) in [6.45, 7) is 5.76. The van der Waals surface area contributed by atoms with Crippen LogP contribution in [0, 0.1) is 0 Å². The third-order valence-electron chi connectivity index (χ3n) is 3.43. The first kappa shape index (κ1) is 10.7. The van der Waals surface area contributed by atoms with Crippen LogP contribution in [-0.2, 0) is 0 Å². The average molecular weight is 234 g/mol. The molecule has 1 aromatic rings. The molecule has 1 N–H and O–H groups in total. The number of rotatable bonds is 1. The first-order valence-electron chi connectivity index (χ1n) is 6.21. The molecule has 1 atom stereocenters. The number of hydrogen-bond acceptors (Lipinski definition) is 4. The van der Waals surface area contributed by atoms with E-state index >= 15 is 0 Å². The van der Waals surface area contributed by atoms with E-state index < -0.39 is 0 Å². The third kappa shape index (κ3) is 2.17. The molecule has 1 unspecified atom stereocenters. The zero-order chi connectivity index (χ0) is 11.7. The average Bonchev–Trinajstić information content (AvgIpc) is 2.70. The number of hydrogen-bond donors (Lipinski definition) is 1. The van der Waals surface area contributed by atoms with Gasteiger partial charge in [0, 0.05) is 37.4 Å². The molecule has 17 heavy (non-hydrogen) atoms. The highest BCUT2D eigenvalue weighted by Crippen LogP contribution is 2.35. The molecule has 2 heterocycles. The standard InChI is InChI=1S/C13H18N2O2/c1-10-4-6-15(7-5-14-10)11-2-3-12-13(8-11)17-9-16-12/h2-3,8,10,14H,4-7,9H2,1H3. The Morgan fingerprint density at radius 2 is 2.12 bits per heavy atom. The van der Waals surface area contributed by atoms with E-state index in [1.54, 1.807) is 0 Å². The van der Waals surface area contributed by atoms with Gasteiger partial charge in [-0.2, -0.15) is 0 Å².